The van der Waals surface area contributed by atoms with Crippen molar-refractivity contribution in [1.82, 2.24) is 35.0 Å². The first-order chi connectivity index (χ1) is 18.1. The molecule has 2 fully saturated rings. The number of fused-ring (bicyclic) bond motifs is 1. The summed E-state index contributed by atoms with van der Waals surface area (Å²) in [6.45, 7) is 8.64. The molecule has 1 saturated heterocycles. The number of aryl methyl sites for hydroxylation is 2. The minimum Gasteiger partial charge on any atom is -0.321 e. The van der Waals surface area contributed by atoms with Gasteiger partial charge in [-0.2, -0.15) is 0 Å². The topological polar surface area (TPSA) is 82.9 Å². The number of benzene rings is 2. The van der Waals surface area contributed by atoms with Gasteiger partial charge in [-0.3, -0.25) is 14.6 Å². The number of hydrogen-bond donors (Lipinski definition) is 1. The van der Waals surface area contributed by atoms with Gasteiger partial charge in [0.25, 0.3) is 5.56 Å². The molecule has 1 N–H and O–H groups in total. The molecule has 0 amide bonds. The molecule has 1 atom stereocenters. The van der Waals surface area contributed by atoms with E-state index in [0.717, 1.165) is 73.4 Å². The second-order valence-corrected chi connectivity index (χ2v) is 10.6. The number of aromatic amines is 1. The van der Waals surface area contributed by atoms with Crippen LogP contribution in [-0.2, 0) is 6.54 Å². The molecular weight excluding hydrogens is 462 g/mol. The largest absolute Gasteiger partial charge is 0.321 e. The number of tetrazole rings is 1. The zero-order valence-corrected chi connectivity index (χ0v) is 21.7. The van der Waals surface area contributed by atoms with Crippen LogP contribution < -0.4 is 5.56 Å². The van der Waals surface area contributed by atoms with E-state index in [0.29, 0.717) is 6.04 Å². The van der Waals surface area contributed by atoms with E-state index in [1.807, 2.05) is 4.68 Å². The van der Waals surface area contributed by atoms with E-state index in [2.05, 4.69) is 92.7 Å². The van der Waals surface area contributed by atoms with Gasteiger partial charge in [-0.15, -0.1) is 5.10 Å². The predicted octanol–water partition coefficient (Wildman–Crippen LogP) is 4.15. The molecule has 0 spiro atoms. The molecule has 4 aromatic rings. The maximum absolute atomic E-state index is 13.6. The number of pyridine rings is 1. The Hall–Kier alpha value is -3.36. The van der Waals surface area contributed by atoms with Crippen LogP contribution in [0, 0.1) is 13.8 Å². The molecule has 3 heterocycles. The van der Waals surface area contributed by atoms with Crippen LogP contribution in [0.5, 0.6) is 0 Å². The second kappa shape index (κ2) is 10.2. The number of hydrogen-bond acceptors (Lipinski definition) is 6. The minimum atomic E-state index is -0.288. The van der Waals surface area contributed by atoms with Gasteiger partial charge in [-0.1, -0.05) is 55.3 Å². The number of aromatic nitrogens is 5. The molecule has 2 aromatic carbocycles. The molecule has 8 nitrogen and oxygen atoms in total. The Morgan fingerprint density at radius 2 is 1.76 bits per heavy atom. The average molecular weight is 498 g/mol. The lowest BCUT2D eigenvalue weighted by Crippen LogP contribution is -2.48. The van der Waals surface area contributed by atoms with Crippen molar-refractivity contribution in [3.05, 3.63) is 87.0 Å². The van der Waals surface area contributed by atoms with Gasteiger partial charge in [0, 0.05) is 38.3 Å². The first-order valence-corrected chi connectivity index (χ1v) is 13.5. The van der Waals surface area contributed by atoms with Crippen LogP contribution in [0.15, 0.2) is 53.3 Å². The normalized spacial score (nSPS) is 18.5. The number of nitrogens with zero attached hydrogens (tertiary/aromatic N) is 6. The standard InChI is InChI=1S/C29H35N7O/c1-20-12-13-23-18-25(29(37)30-26(23)21(20)2)27(28-31-32-33-36(28)24-10-6-7-11-24)35-16-14-34(15-17-35)19-22-8-4-3-5-9-22/h3-5,8-9,12-13,18,24,27H,6-7,10-11,14-17,19H2,1-2H3,(H,30,37)/t27-/m1/s1. The van der Waals surface area contributed by atoms with E-state index in [9.17, 15) is 4.79 Å². The number of rotatable bonds is 6. The molecule has 1 aliphatic carbocycles. The molecule has 192 valence electrons. The average Bonchev–Trinajstić information content (AvgIpc) is 3.61. The van der Waals surface area contributed by atoms with Crippen molar-refractivity contribution in [2.24, 2.45) is 0 Å². The van der Waals surface area contributed by atoms with Gasteiger partial charge in [-0.05, 0) is 65.3 Å². The lowest BCUT2D eigenvalue weighted by Gasteiger charge is -2.39. The third kappa shape index (κ3) is 4.71. The van der Waals surface area contributed by atoms with E-state index in [4.69, 9.17) is 0 Å². The van der Waals surface area contributed by atoms with Gasteiger partial charge >= 0.3 is 0 Å². The number of piperazine rings is 1. The van der Waals surface area contributed by atoms with E-state index >= 15 is 0 Å². The molecule has 0 unspecified atom stereocenters. The third-order valence-electron chi connectivity index (χ3n) is 8.33. The first kappa shape index (κ1) is 24.0. The maximum Gasteiger partial charge on any atom is 0.253 e. The Balaban J connectivity index is 1.36. The van der Waals surface area contributed by atoms with Crippen molar-refractivity contribution in [3.8, 4) is 0 Å². The molecule has 2 aliphatic rings. The van der Waals surface area contributed by atoms with Crippen LogP contribution in [-0.4, -0.2) is 61.2 Å². The first-order valence-electron chi connectivity index (χ1n) is 13.5. The van der Waals surface area contributed by atoms with Gasteiger partial charge < -0.3 is 4.98 Å². The van der Waals surface area contributed by atoms with Crippen LogP contribution in [0.1, 0.15) is 65.8 Å². The van der Waals surface area contributed by atoms with Crippen molar-refractivity contribution in [2.75, 3.05) is 26.2 Å². The quantitative estimate of drug-likeness (QED) is 0.431. The van der Waals surface area contributed by atoms with Crippen LogP contribution in [0.3, 0.4) is 0 Å². The predicted molar refractivity (Wildman–Crippen MR) is 144 cm³/mol. The van der Waals surface area contributed by atoms with E-state index in [1.165, 1.54) is 24.0 Å². The SMILES string of the molecule is Cc1ccc2cc([C@H](c3nnnn3C3CCCC3)N3CCN(Cc4ccccc4)CC3)c(=O)[nH]c2c1C. The maximum atomic E-state index is 13.6. The van der Waals surface area contributed by atoms with Gasteiger partial charge in [0.2, 0.25) is 0 Å². The fraction of sp³-hybridized carbons (Fsp3) is 0.448. The Morgan fingerprint density at radius 1 is 1.00 bits per heavy atom. The van der Waals surface area contributed by atoms with Crippen molar-refractivity contribution in [1.29, 1.82) is 0 Å². The van der Waals surface area contributed by atoms with Crippen LogP contribution in [0.25, 0.3) is 10.9 Å². The molecule has 8 heteroatoms. The second-order valence-electron chi connectivity index (χ2n) is 10.6. The highest BCUT2D eigenvalue weighted by Gasteiger charge is 2.34. The Bertz CT molecular complexity index is 1430. The van der Waals surface area contributed by atoms with Crippen molar-refractivity contribution >= 4 is 10.9 Å². The summed E-state index contributed by atoms with van der Waals surface area (Å²) < 4.78 is 2.01. The molecule has 37 heavy (non-hydrogen) atoms. The van der Waals surface area contributed by atoms with Crippen LogP contribution in [0.2, 0.25) is 0 Å². The lowest BCUT2D eigenvalue weighted by molar-refractivity contribution is 0.0989. The summed E-state index contributed by atoms with van der Waals surface area (Å²) in [5, 5.41) is 14.1. The highest BCUT2D eigenvalue weighted by Crippen LogP contribution is 2.34. The van der Waals surface area contributed by atoms with Crippen molar-refractivity contribution in [3.63, 3.8) is 0 Å². The summed E-state index contributed by atoms with van der Waals surface area (Å²) in [5.74, 6) is 0.789. The van der Waals surface area contributed by atoms with E-state index < -0.39 is 0 Å². The summed E-state index contributed by atoms with van der Waals surface area (Å²) >= 11 is 0. The van der Waals surface area contributed by atoms with E-state index in [-0.39, 0.29) is 11.6 Å². The van der Waals surface area contributed by atoms with Gasteiger partial charge in [0.15, 0.2) is 5.82 Å². The lowest BCUT2D eigenvalue weighted by atomic mass is 9.99. The highest BCUT2D eigenvalue weighted by atomic mass is 16.1. The molecule has 1 saturated carbocycles. The summed E-state index contributed by atoms with van der Waals surface area (Å²) in [6.07, 6.45) is 4.56. The Morgan fingerprint density at radius 3 is 2.51 bits per heavy atom. The summed E-state index contributed by atoms with van der Waals surface area (Å²) in [5.41, 5.74) is 5.19. The van der Waals surface area contributed by atoms with Crippen molar-refractivity contribution in [2.45, 2.75) is 58.2 Å². The molecule has 0 bridgehead atoms. The van der Waals surface area contributed by atoms with Crippen LogP contribution in [0.4, 0.5) is 0 Å². The van der Waals surface area contributed by atoms with Crippen molar-refractivity contribution < 1.29 is 0 Å². The van der Waals surface area contributed by atoms with Gasteiger partial charge in [0.05, 0.1) is 11.6 Å². The molecule has 2 aromatic heterocycles. The van der Waals surface area contributed by atoms with Gasteiger partial charge in [0.1, 0.15) is 6.04 Å². The fourth-order valence-corrected chi connectivity index (χ4v) is 6.05. The molecular formula is C29H35N7O. The van der Waals surface area contributed by atoms with E-state index in [1.54, 1.807) is 0 Å². The molecule has 6 rings (SSSR count). The van der Waals surface area contributed by atoms with Crippen LogP contribution >= 0.6 is 0 Å². The fourth-order valence-electron chi connectivity index (χ4n) is 6.05. The van der Waals surface area contributed by atoms with Gasteiger partial charge in [-0.25, -0.2) is 4.68 Å². The number of nitrogens with one attached hydrogen (secondary N) is 1. The summed E-state index contributed by atoms with van der Waals surface area (Å²) in [7, 11) is 0. The third-order valence-corrected chi connectivity index (χ3v) is 8.33. The zero-order valence-electron chi connectivity index (χ0n) is 21.7. The highest BCUT2D eigenvalue weighted by molar-refractivity contribution is 5.83. The monoisotopic (exact) mass is 497 g/mol. The number of H-pyrrole nitrogens is 1. The molecule has 1 aliphatic heterocycles. The molecule has 0 radical (unpaired) electrons. The zero-order chi connectivity index (χ0) is 25.4. The Labute approximate surface area is 217 Å². The Kier molecular flexibility index (Phi) is 6.61. The minimum absolute atomic E-state index is 0.0566. The smallest absolute Gasteiger partial charge is 0.253 e. The summed E-state index contributed by atoms with van der Waals surface area (Å²) in [6, 6.07) is 16.9. The summed E-state index contributed by atoms with van der Waals surface area (Å²) in [4.78, 5) is 21.7.